The molecule has 0 aliphatic carbocycles. The van der Waals surface area contributed by atoms with Gasteiger partial charge in [0.05, 0.1) is 7.11 Å². The lowest BCUT2D eigenvalue weighted by molar-refractivity contribution is 0.250. The van der Waals surface area contributed by atoms with Crippen LogP contribution in [0, 0.1) is 0 Å². The summed E-state index contributed by atoms with van der Waals surface area (Å²) < 4.78 is 5.38. The Hall–Kier alpha value is -0.870. The van der Waals surface area contributed by atoms with Crippen molar-refractivity contribution in [2.45, 2.75) is 19.0 Å². The van der Waals surface area contributed by atoms with E-state index in [2.05, 4.69) is 18.0 Å². The Morgan fingerprint density at radius 3 is 3.00 bits per heavy atom. The van der Waals surface area contributed by atoms with Crippen molar-refractivity contribution in [2.24, 2.45) is 0 Å². The van der Waals surface area contributed by atoms with Gasteiger partial charge in [0, 0.05) is 35.7 Å². The van der Waals surface area contributed by atoms with Crippen molar-refractivity contribution in [1.82, 2.24) is 4.90 Å². The number of hydrogen-bond acceptors (Lipinski definition) is 4. The minimum Gasteiger partial charge on any atom is -0.496 e. The van der Waals surface area contributed by atoms with Gasteiger partial charge in [-0.15, -0.1) is 0 Å². The van der Waals surface area contributed by atoms with Crippen molar-refractivity contribution in [3.63, 3.8) is 0 Å². The van der Waals surface area contributed by atoms with Crippen LogP contribution in [0.25, 0.3) is 0 Å². The second-order valence-corrected chi connectivity index (χ2v) is 5.65. The van der Waals surface area contributed by atoms with Crippen molar-refractivity contribution < 1.29 is 4.74 Å². The third kappa shape index (κ3) is 3.07. The quantitative estimate of drug-likeness (QED) is 0.834. The van der Waals surface area contributed by atoms with Gasteiger partial charge >= 0.3 is 0 Å². The van der Waals surface area contributed by atoms with E-state index in [0.717, 1.165) is 18.0 Å². The van der Waals surface area contributed by atoms with E-state index in [0.29, 0.717) is 6.04 Å². The molecule has 1 atom stereocenters. The standard InChI is InChI=1S/C13H20N2OS/c1-15(12-5-6-17-9-12)8-10-3-4-11(14)7-13(10)16-2/h3-4,7,12H,5-6,8-9,14H2,1-2H3. The lowest BCUT2D eigenvalue weighted by Crippen LogP contribution is -2.31. The summed E-state index contributed by atoms with van der Waals surface area (Å²) in [4.78, 5) is 2.41. The van der Waals surface area contributed by atoms with E-state index < -0.39 is 0 Å². The first kappa shape index (κ1) is 12.6. The Morgan fingerprint density at radius 1 is 1.53 bits per heavy atom. The molecule has 94 valence electrons. The number of ether oxygens (including phenoxy) is 1. The fourth-order valence-corrected chi connectivity index (χ4v) is 3.46. The second-order valence-electron chi connectivity index (χ2n) is 4.50. The molecule has 1 aromatic rings. The molecule has 2 N–H and O–H groups in total. The van der Waals surface area contributed by atoms with Crippen LogP contribution in [-0.2, 0) is 6.54 Å². The van der Waals surface area contributed by atoms with Gasteiger partial charge in [-0.1, -0.05) is 6.07 Å². The lowest BCUT2D eigenvalue weighted by Gasteiger charge is -2.24. The van der Waals surface area contributed by atoms with E-state index in [9.17, 15) is 0 Å². The molecule has 0 aromatic heterocycles. The SMILES string of the molecule is COc1cc(N)ccc1CN(C)C1CCSC1. The number of rotatable bonds is 4. The number of nitrogen functional groups attached to an aromatic ring is 1. The Balaban J connectivity index is 2.06. The first-order chi connectivity index (χ1) is 8.20. The molecule has 3 nitrogen and oxygen atoms in total. The average molecular weight is 252 g/mol. The predicted octanol–water partition coefficient (Wildman–Crippen LogP) is 2.21. The Kier molecular flexibility index (Phi) is 4.18. The molecule has 0 radical (unpaired) electrons. The van der Waals surface area contributed by atoms with Crippen molar-refractivity contribution in [2.75, 3.05) is 31.4 Å². The highest BCUT2D eigenvalue weighted by molar-refractivity contribution is 7.99. The van der Waals surface area contributed by atoms with Gasteiger partial charge in [-0.25, -0.2) is 0 Å². The summed E-state index contributed by atoms with van der Waals surface area (Å²) in [7, 11) is 3.88. The van der Waals surface area contributed by atoms with E-state index in [1.54, 1.807) is 7.11 Å². The maximum atomic E-state index is 5.76. The monoisotopic (exact) mass is 252 g/mol. The highest BCUT2D eigenvalue weighted by Gasteiger charge is 2.20. The Morgan fingerprint density at radius 2 is 2.35 bits per heavy atom. The number of anilines is 1. The highest BCUT2D eigenvalue weighted by Crippen LogP contribution is 2.26. The molecule has 0 saturated carbocycles. The third-order valence-corrected chi connectivity index (χ3v) is 4.40. The third-order valence-electron chi connectivity index (χ3n) is 3.26. The largest absolute Gasteiger partial charge is 0.496 e. The van der Waals surface area contributed by atoms with Crippen LogP contribution in [0.5, 0.6) is 5.75 Å². The van der Waals surface area contributed by atoms with Crippen LogP contribution in [0.2, 0.25) is 0 Å². The fourth-order valence-electron chi connectivity index (χ4n) is 2.16. The fraction of sp³-hybridized carbons (Fsp3) is 0.538. The number of methoxy groups -OCH3 is 1. The smallest absolute Gasteiger partial charge is 0.125 e. The van der Waals surface area contributed by atoms with Gasteiger partial charge in [0.2, 0.25) is 0 Å². The number of nitrogens with two attached hydrogens (primary N) is 1. The van der Waals surface area contributed by atoms with E-state index >= 15 is 0 Å². The number of nitrogens with zero attached hydrogens (tertiary/aromatic N) is 1. The molecule has 1 aliphatic rings. The molecule has 2 rings (SSSR count). The molecular formula is C13H20N2OS. The van der Waals surface area contributed by atoms with Gasteiger partial charge in [0.15, 0.2) is 0 Å². The maximum Gasteiger partial charge on any atom is 0.125 e. The number of benzene rings is 1. The minimum absolute atomic E-state index is 0.697. The molecule has 1 fully saturated rings. The molecular weight excluding hydrogens is 232 g/mol. The summed E-state index contributed by atoms with van der Waals surface area (Å²) in [5.74, 6) is 3.42. The van der Waals surface area contributed by atoms with Crippen molar-refractivity contribution >= 4 is 17.4 Å². The zero-order valence-corrected chi connectivity index (χ0v) is 11.3. The first-order valence-electron chi connectivity index (χ1n) is 5.91. The predicted molar refractivity (Wildman–Crippen MR) is 74.6 cm³/mol. The molecule has 0 amide bonds. The van der Waals surface area contributed by atoms with Crippen LogP contribution in [-0.4, -0.2) is 36.6 Å². The van der Waals surface area contributed by atoms with Crippen LogP contribution in [0.4, 0.5) is 5.69 Å². The summed E-state index contributed by atoms with van der Waals surface area (Å²) in [6, 6.07) is 6.59. The van der Waals surface area contributed by atoms with Crippen LogP contribution in [0.1, 0.15) is 12.0 Å². The number of thioether (sulfide) groups is 1. The molecule has 17 heavy (non-hydrogen) atoms. The first-order valence-corrected chi connectivity index (χ1v) is 7.06. The van der Waals surface area contributed by atoms with Crippen molar-refractivity contribution in [3.8, 4) is 5.75 Å². The molecule has 0 bridgehead atoms. The Bertz CT molecular complexity index is 378. The average Bonchev–Trinajstić information content (AvgIpc) is 2.85. The molecule has 1 unspecified atom stereocenters. The minimum atomic E-state index is 0.697. The highest BCUT2D eigenvalue weighted by atomic mass is 32.2. The van der Waals surface area contributed by atoms with Gasteiger partial charge in [-0.05, 0) is 25.3 Å². The van der Waals surface area contributed by atoms with Crippen LogP contribution in [0.3, 0.4) is 0 Å². The van der Waals surface area contributed by atoms with E-state index in [1.165, 1.54) is 23.5 Å². The van der Waals surface area contributed by atoms with Crippen LogP contribution in [0.15, 0.2) is 18.2 Å². The molecule has 4 heteroatoms. The molecule has 0 spiro atoms. The molecule has 1 aromatic carbocycles. The number of hydrogen-bond donors (Lipinski definition) is 1. The zero-order valence-electron chi connectivity index (χ0n) is 10.5. The van der Waals surface area contributed by atoms with Crippen LogP contribution >= 0.6 is 11.8 Å². The van der Waals surface area contributed by atoms with Crippen LogP contribution < -0.4 is 10.5 Å². The van der Waals surface area contributed by atoms with E-state index in [-0.39, 0.29) is 0 Å². The van der Waals surface area contributed by atoms with E-state index in [4.69, 9.17) is 10.5 Å². The van der Waals surface area contributed by atoms with Gasteiger partial charge in [0.25, 0.3) is 0 Å². The summed E-state index contributed by atoms with van der Waals surface area (Å²) in [5, 5.41) is 0. The Labute approximate surface area is 107 Å². The molecule has 1 heterocycles. The maximum absolute atomic E-state index is 5.76. The lowest BCUT2D eigenvalue weighted by atomic mass is 10.1. The van der Waals surface area contributed by atoms with Gasteiger partial charge in [-0.3, -0.25) is 4.90 Å². The molecule has 1 saturated heterocycles. The van der Waals surface area contributed by atoms with Crippen molar-refractivity contribution in [1.29, 1.82) is 0 Å². The van der Waals surface area contributed by atoms with Gasteiger partial charge in [0.1, 0.15) is 5.75 Å². The summed E-state index contributed by atoms with van der Waals surface area (Å²) in [6.07, 6.45) is 1.29. The second kappa shape index (κ2) is 5.65. The topological polar surface area (TPSA) is 38.5 Å². The van der Waals surface area contributed by atoms with E-state index in [1.807, 2.05) is 23.9 Å². The molecule has 1 aliphatic heterocycles. The normalized spacial score (nSPS) is 19.8. The summed E-state index contributed by atoms with van der Waals surface area (Å²) >= 11 is 2.04. The van der Waals surface area contributed by atoms with Crippen molar-refractivity contribution in [3.05, 3.63) is 23.8 Å². The summed E-state index contributed by atoms with van der Waals surface area (Å²) in [6.45, 7) is 0.925. The van der Waals surface area contributed by atoms with Gasteiger partial charge in [-0.2, -0.15) is 11.8 Å². The summed E-state index contributed by atoms with van der Waals surface area (Å²) in [5.41, 5.74) is 7.72. The zero-order chi connectivity index (χ0) is 12.3. The van der Waals surface area contributed by atoms with Gasteiger partial charge < -0.3 is 10.5 Å².